The zero-order valence-corrected chi connectivity index (χ0v) is 26.9. The fourth-order valence-corrected chi connectivity index (χ4v) is 8.39. The van der Waals surface area contributed by atoms with E-state index in [1.807, 2.05) is 6.07 Å². The molecule has 10 rings (SSSR count). The summed E-state index contributed by atoms with van der Waals surface area (Å²) in [5.74, 6) is 0. The lowest BCUT2D eigenvalue weighted by Crippen LogP contribution is -2.14. The Morgan fingerprint density at radius 3 is 1.85 bits per heavy atom. The van der Waals surface area contributed by atoms with E-state index in [0.717, 1.165) is 27.5 Å². The molecule has 0 unspecified atom stereocenters. The van der Waals surface area contributed by atoms with Crippen molar-refractivity contribution in [3.8, 4) is 44.5 Å². The molecule has 1 nitrogen and oxygen atoms in total. The Hall–Kier alpha value is -5.92. The van der Waals surface area contributed by atoms with Gasteiger partial charge in [0.05, 0.1) is 0 Å². The Kier molecular flexibility index (Phi) is 5.69. The molecule has 0 spiro atoms. The summed E-state index contributed by atoms with van der Waals surface area (Å²) < 4.78 is 6.65. The molecule has 1 aromatic heterocycles. The van der Waals surface area contributed by atoms with E-state index in [1.165, 1.54) is 71.6 Å². The average Bonchev–Trinajstić information content (AvgIpc) is 3.63. The van der Waals surface area contributed by atoms with E-state index in [4.69, 9.17) is 4.42 Å². The lowest BCUT2D eigenvalue weighted by molar-refractivity contribution is 0.660. The van der Waals surface area contributed by atoms with Gasteiger partial charge in [-0.3, -0.25) is 0 Å². The van der Waals surface area contributed by atoms with Crippen LogP contribution in [0.5, 0.6) is 0 Å². The molecule has 0 bridgehead atoms. The van der Waals surface area contributed by atoms with E-state index < -0.39 is 0 Å². The van der Waals surface area contributed by atoms with Gasteiger partial charge in [-0.05, 0) is 84.3 Å². The van der Waals surface area contributed by atoms with Gasteiger partial charge in [0.15, 0.2) is 0 Å². The van der Waals surface area contributed by atoms with Crippen LogP contribution in [-0.4, -0.2) is 0 Å². The monoisotopic (exact) mass is 612 g/mol. The van der Waals surface area contributed by atoms with Gasteiger partial charge >= 0.3 is 0 Å². The van der Waals surface area contributed by atoms with Crippen molar-refractivity contribution in [2.45, 2.75) is 19.3 Å². The first kappa shape index (κ1) is 27.2. The van der Waals surface area contributed by atoms with Crippen molar-refractivity contribution in [3.63, 3.8) is 0 Å². The van der Waals surface area contributed by atoms with Crippen molar-refractivity contribution in [2.24, 2.45) is 0 Å². The molecule has 0 atom stereocenters. The summed E-state index contributed by atoms with van der Waals surface area (Å²) >= 11 is 0. The second-order valence-electron chi connectivity index (χ2n) is 13.6. The van der Waals surface area contributed by atoms with E-state index in [1.54, 1.807) is 0 Å². The van der Waals surface area contributed by atoms with Gasteiger partial charge in [-0.25, -0.2) is 0 Å². The summed E-state index contributed by atoms with van der Waals surface area (Å²) in [7, 11) is 0. The van der Waals surface area contributed by atoms with Gasteiger partial charge in [0, 0.05) is 27.3 Å². The third kappa shape index (κ3) is 3.79. The van der Waals surface area contributed by atoms with Gasteiger partial charge in [0.1, 0.15) is 11.2 Å². The van der Waals surface area contributed by atoms with Crippen LogP contribution < -0.4 is 0 Å². The van der Waals surface area contributed by atoms with E-state index >= 15 is 0 Å². The molecule has 0 radical (unpaired) electrons. The van der Waals surface area contributed by atoms with Crippen LogP contribution in [-0.2, 0) is 5.41 Å². The molecule has 0 saturated carbocycles. The topological polar surface area (TPSA) is 13.1 Å². The quantitative estimate of drug-likeness (QED) is 0.181. The van der Waals surface area contributed by atoms with Crippen LogP contribution >= 0.6 is 0 Å². The van der Waals surface area contributed by atoms with Crippen LogP contribution in [0, 0.1) is 0 Å². The lowest BCUT2D eigenvalue weighted by Gasteiger charge is -2.23. The fourth-order valence-electron chi connectivity index (χ4n) is 8.39. The van der Waals surface area contributed by atoms with Gasteiger partial charge in [-0.1, -0.05) is 153 Å². The Morgan fingerprint density at radius 1 is 0.375 bits per heavy atom. The molecular weight excluding hydrogens is 581 g/mol. The van der Waals surface area contributed by atoms with Crippen molar-refractivity contribution in [2.75, 3.05) is 0 Å². The zero-order chi connectivity index (χ0) is 32.0. The second kappa shape index (κ2) is 10.0. The van der Waals surface area contributed by atoms with Gasteiger partial charge in [-0.15, -0.1) is 0 Å². The number of benzene rings is 8. The Morgan fingerprint density at radius 2 is 1.00 bits per heavy atom. The maximum atomic E-state index is 6.65. The van der Waals surface area contributed by atoms with Crippen LogP contribution in [0.4, 0.5) is 0 Å². The number of rotatable bonds is 3. The van der Waals surface area contributed by atoms with Gasteiger partial charge in [-0.2, -0.15) is 0 Å². The molecule has 1 heteroatoms. The standard InChI is InChI=1S/C47H32O/c1-47(2)41-21-10-8-15-32(41)33-25-24-31(28-42(33)47)44-35-17-6-7-18-36(35)45(37-26-23-30(27-40(37)44)29-13-4-3-5-14-29)39-20-12-19-38-34-16-9-11-22-43(34)48-46(38)39/h3-28H,1-2H3. The third-order valence-corrected chi connectivity index (χ3v) is 10.7. The van der Waals surface area contributed by atoms with Crippen molar-refractivity contribution in [1.82, 2.24) is 0 Å². The highest BCUT2D eigenvalue weighted by molar-refractivity contribution is 6.24. The molecular formula is C47H32O. The van der Waals surface area contributed by atoms with Crippen molar-refractivity contribution in [1.29, 1.82) is 0 Å². The average molecular weight is 613 g/mol. The maximum Gasteiger partial charge on any atom is 0.143 e. The van der Waals surface area contributed by atoms with Crippen LogP contribution in [0.25, 0.3) is 88.0 Å². The molecule has 0 amide bonds. The number of hydrogen-bond donors (Lipinski definition) is 0. The van der Waals surface area contributed by atoms with Gasteiger partial charge < -0.3 is 4.42 Å². The normalized spacial score (nSPS) is 13.4. The van der Waals surface area contributed by atoms with Gasteiger partial charge in [0.2, 0.25) is 0 Å². The predicted molar refractivity (Wildman–Crippen MR) is 203 cm³/mol. The van der Waals surface area contributed by atoms with E-state index in [0.29, 0.717) is 0 Å². The molecule has 48 heavy (non-hydrogen) atoms. The summed E-state index contributed by atoms with van der Waals surface area (Å²) in [5.41, 5.74) is 14.5. The minimum absolute atomic E-state index is 0.0837. The van der Waals surface area contributed by atoms with Crippen LogP contribution in [0.1, 0.15) is 25.0 Å². The predicted octanol–water partition coefficient (Wildman–Crippen LogP) is 13.2. The van der Waals surface area contributed by atoms with Crippen LogP contribution in [0.3, 0.4) is 0 Å². The summed E-state index contributed by atoms with van der Waals surface area (Å²) in [4.78, 5) is 0. The molecule has 226 valence electrons. The number of hydrogen-bond acceptors (Lipinski definition) is 1. The lowest BCUT2D eigenvalue weighted by atomic mass is 9.80. The van der Waals surface area contributed by atoms with Crippen molar-refractivity contribution < 1.29 is 4.42 Å². The minimum Gasteiger partial charge on any atom is -0.455 e. The molecule has 1 heterocycles. The zero-order valence-electron chi connectivity index (χ0n) is 26.9. The summed E-state index contributed by atoms with van der Waals surface area (Å²) in [5, 5.41) is 7.22. The molecule has 0 aliphatic heterocycles. The molecule has 0 saturated heterocycles. The van der Waals surface area contributed by atoms with Crippen LogP contribution in [0.15, 0.2) is 162 Å². The Balaban J connectivity index is 1.33. The number of fused-ring (bicyclic) bond motifs is 8. The van der Waals surface area contributed by atoms with E-state index in [2.05, 4.69) is 166 Å². The fraction of sp³-hybridized carbons (Fsp3) is 0.0638. The molecule has 1 aliphatic rings. The highest BCUT2D eigenvalue weighted by Crippen LogP contribution is 2.52. The highest BCUT2D eigenvalue weighted by Gasteiger charge is 2.35. The molecule has 9 aromatic rings. The smallest absolute Gasteiger partial charge is 0.143 e. The first-order valence-electron chi connectivity index (χ1n) is 16.8. The first-order valence-corrected chi connectivity index (χ1v) is 16.8. The maximum absolute atomic E-state index is 6.65. The van der Waals surface area contributed by atoms with Crippen LogP contribution in [0.2, 0.25) is 0 Å². The minimum atomic E-state index is -0.0837. The van der Waals surface area contributed by atoms with Crippen molar-refractivity contribution in [3.05, 3.63) is 169 Å². The molecule has 0 N–H and O–H groups in total. The number of furan rings is 1. The third-order valence-electron chi connectivity index (χ3n) is 10.7. The molecule has 1 aliphatic carbocycles. The summed E-state index contributed by atoms with van der Waals surface area (Å²) in [6.45, 7) is 4.73. The van der Waals surface area contributed by atoms with E-state index in [9.17, 15) is 0 Å². The largest absolute Gasteiger partial charge is 0.455 e. The molecule has 8 aromatic carbocycles. The SMILES string of the molecule is CC1(C)c2ccccc2-c2ccc(-c3c4ccccc4c(-c4cccc5c4oc4ccccc45)c4ccc(-c5ccccc5)cc34)cc21. The van der Waals surface area contributed by atoms with Crippen molar-refractivity contribution >= 4 is 43.5 Å². The highest BCUT2D eigenvalue weighted by atomic mass is 16.3. The second-order valence-corrected chi connectivity index (χ2v) is 13.6. The van der Waals surface area contributed by atoms with E-state index in [-0.39, 0.29) is 5.41 Å². The van der Waals surface area contributed by atoms with Gasteiger partial charge in [0.25, 0.3) is 0 Å². The number of para-hydroxylation sites is 2. The summed E-state index contributed by atoms with van der Waals surface area (Å²) in [6.07, 6.45) is 0. The molecule has 0 fully saturated rings. The first-order chi connectivity index (χ1) is 23.6. The summed E-state index contributed by atoms with van der Waals surface area (Å²) in [6, 6.07) is 57.7. The Bertz CT molecular complexity index is 2740. The Labute approximate surface area is 279 Å².